The summed E-state index contributed by atoms with van der Waals surface area (Å²) in [5, 5.41) is 4.79. The molecule has 1 aromatic rings. The molecule has 0 atom stereocenters. The number of hydrogen-bond acceptors (Lipinski definition) is 6. The van der Waals surface area contributed by atoms with Crippen molar-refractivity contribution in [3.63, 3.8) is 0 Å². The second-order valence-electron chi connectivity index (χ2n) is 4.16. The molecule has 1 heterocycles. The predicted octanol–water partition coefficient (Wildman–Crippen LogP) is 0.894. The second-order valence-corrected chi connectivity index (χ2v) is 4.95. The lowest BCUT2D eigenvalue weighted by Crippen LogP contribution is -2.32. The average molecular weight is 243 g/mol. The average Bonchev–Trinajstić information content (AvgIpc) is 2.61. The second kappa shape index (κ2) is 6.78. The molecule has 0 unspecified atom stereocenters. The molecule has 0 aromatic carbocycles. The molecule has 16 heavy (non-hydrogen) atoms. The highest BCUT2D eigenvalue weighted by atomic mass is 32.1. The number of hydrogen-bond donors (Lipinski definition) is 1. The van der Waals surface area contributed by atoms with Gasteiger partial charge in [0.25, 0.3) is 0 Å². The zero-order valence-electron chi connectivity index (χ0n) is 10.3. The Kier molecular flexibility index (Phi) is 5.65. The topological polar surface area (TPSA) is 58.3 Å². The van der Waals surface area contributed by atoms with Crippen LogP contribution in [0.3, 0.4) is 0 Å². The van der Waals surface area contributed by atoms with Crippen LogP contribution in [0, 0.1) is 0 Å². The summed E-state index contributed by atoms with van der Waals surface area (Å²) in [6.07, 6.45) is 1.14. The summed E-state index contributed by atoms with van der Waals surface area (Å²) in [5.41, 5.74) is 6.71. The molecule has 92 valence electrons. The van der Waals surface area contributed by atoms with Crippen LogP contribution in [0.25, 0.3) is 0 Å². The van der Waals surface area contributed by atoms with E-state index < -0.39 is 0 Å². The van der Waals surface area contributed by atoms with Crippen molar-refractivity contribution >= 4 is 16.5 Å². The molecular formula is C10H21N5S. The maximum Gasteiger partial charge on any atom is 0.132 e. The molecule has 2 N–H and O–H groups in total. The van der Waals surface area contributed by atoms with Gasteiger partial charge in [-0.15, -0.1) is 5.10 Å². The quantitative estimate of drug-likeness (QED) is 0.771. The first-order chi connectivity index (χ1) is 7.63. The fourth-order valence-electron chi connectivity index (χ4n) is 1.46. The van der Waals surface area contributed by atoms with Gasteiger partial charge in [-0.05, 0) is 27.1 Å². The van der Waals surface area contributed by atoms with Gasteiger partial charge in [-0.25, -0.2) is 0 Å². The van der Waals surface area contributed by atoms with Crippen LogP contribution in [0.1, 0.15) is 19.0 Å². The van der Waals surface area contributed by atoms with Gasteiger partial charge in [0.1, 0.15) is 10.7 Å². The third-order valence-corrected chi connectivity index (χ3v) is 2.96. The Morgan fingerprint density at radius 1 is 1.25 bits per heavy atom. The zero-order valence-corrected chi connectivity index (χ0v) is 11.1. The van der Waals surface area contributed by atoms with Gasteiger partial charge < -0.3 is 10.6 Å². The van der Waals surface area contributed by atoms with Crippen molar-refractivity contribution in [3.8, 4) is 0 Å². The van der Waals surface area contributed by atoms with Crippen LogP contribution < -0.4 is 5.73 Å². The molecule has 0 saturated heterocycles. The molecule has 1 aromatic heterocycles. The van der Waals surface area contributed by atoms with E-state index in [1.54, 1.807) is 0 Å². The van der Waals surface area contributed by atoms with E-state index in [1.807, 2.05) is 0 Å². The fraction of sp³-hybridized carbons (Fsp3) is 0.800. The van der Waals surface area contributed by atoms with Crippen molar-refractivity contribution in [2.45, 2.75) is 19.9 Å². The number of rotatable bonds is 7. The Bertz CT molecular complexity index is 299. The summed E-state index contributed by atoms with van der Waals surface area (Å²) < 4.78 is 3.86. The highest BCUT2D eigenvalue weighted by Crippen LogP contribution is 2.14. The van der Waals surface area contributed by atoms with Gasteiger partial charge in [-0.1, -0.05) is 11.4 Å². The van der Waals surface area contributed by atoms with Crippen molar-refractivity contribution < 1.29 is 0 Å². The molecule has 0 aliphatic carbocycles. The Balaban J connectivity index is 2.47. The van der Waals surface area contributed by atoms with Gasteiger partial charge in [0.2, 0.25) is 0 Å². The van der Waals surface area contributed by atoms with Gasteiger partial charge in [0, 0.05) is 31.2 Å². The Hall–Kier alpha value is -0.720. The Labute approximate surface area is 101 Å². The van der Waals surface area contributed by atoms with E-state index in [4.69, 9.17) is 5.73 Å². The van der Waals surface area contributed by atoms with Crippen LogP contribution in [0.4, 0.5) is 5.00 Å². The van der Waals surface area contributed by atoms with Gasteiger partial charge >= 0.3 is 0 Å². The molecular weight excluding hydrogens is 222 g/mol. The molecule has 5 nitrogen and oxygen atoms in total. The van der Waals surface area contributed by atoms with Crippen molar-refractivity contribution in [1.82, 2.24) is 19.4 Å². The third kappa shape index (κ3) is 4.42. The highest BCUT2D eigenvalue weighted by molar-refractivity contribution is 7.09. The molecule has 0 amide bonds. The number of nitrogens with two attached hydrogens (primary N) is 1. The van der Waals surface area contributed by atoms with Crippen LogP contribution in [0.5, 0.6) is 0 Å². The lowest BCUT2D eigenvalue weighted by Gasteiger charge is -2.22. The van der Waals surface area contributed by atoms with E-state index in [1.165, 1.54) is 11.5 Å². The summed E-state index contributed by atoms with van der Waals surface area (Å²) in [7, 11) is 4.17. The monoisotopic (exact) mass is 243 g/mol. The molecule has 0 fully saturated rings. The zero-order chi connectivity index (χ0) is 12.0. The Morgan fingerprint density at radius 3 is 2.50 bits per heavy atom. The minimum atomic E-state index is 0.742. The number of anilines is 1. The van der Waals surface area contributed by atoms with E-state index in [0.717, 1.165) is 43.3 Å². The lowest BCUT2D eigenvalue weighted by molar-refractivity contribution is 0.232. The van der Waals surface area contributed by atoms with E-state index in [2.05, 4.69) is 40.4 Å². The lowest BCUT2D eigenvalue weighted by atomic mass is 10.3. The summed E-state index contributed by atoms with van der Waals surface area (Å²) in [6, 6.07) is 0. The molecule has 0 saturated carbocycles. The van der Waals surface area contributed by atoms with Gasteiger partial charge in [0.15, 0.2) is 0 Å². The largest absolute Gasteiger partial charge is 0.388 e. The van der Waals surface area contributed by atoms with Crippen LogP contribution in [-0.2, 0) is 6.54 Å². The number of likely N-dealkylation sites (N-methyl/N-ethyl adjacent to an activating group) is 1. The van der Waals surface area contributed by atoms with E-state index >= 15 is 0 Å². The fourth-order valence-corrected chi connectivity index (χ4v) is 1.90. The summed E-state index contributed by atoms with van der Waals surface area (Å²) in [6.45, 7) is 6.16. The summed E-state index contributed by atoms with van der Waals surface area (Å²) in [4.78, 5) is 4.55. The SMILES string of the molecule is CCCN(CCN(C)C)Cc1nnsc1N. The van der Waals surface area contributed by atoms with Gasteiger partial charge in [-0.2, -0.15) is 0 Å². The summed E-state index contributed by atoms with van der Waals surface area (Å²) >= 11 is 1.27. The smallest absolute Gasteiger partial charge is 0.132 e. The van der Waals surface area contributed by atoms with E-state index in [9.17, 15) is 0 Å². The minimum absolute atomic E-state index is 0.742. The van der Waals surface area contributed by atoms with Gasteiger partial charge in [-0.3, -0.25) is 4.90 Å². The van der Waals surface area contributed by atoms with E-state index in [-0.39, 0.29) is 0 Å². The summed E-state index contributed by atoms with van der Waals surface area (Å²) in [5.74, 6) is 0. The van der Waals surface area contributed by atoms with Crippen molar-refractivity contribution in [2.75, 3.05) is 39.5 Å². The number of aromatic nitrogens is 2. The molecule has 6 heteroatoms. The van der Waals surface area contributed by atoms with Crippen LogP contribution >= 0.6 is 11.5 Å². The highest BCUT2D eigenvalue weighted by Gasteiger charge is 2.10. The molecule has 0 aliphatic rings. The number of nitrogens with zero attached hydrogens (tertiary/aromatic N) is 4. The molecule has 0 bridgehead atoms. The maximum absolute atomic E-state index is 5.80. The predicted molar refractivity (Wildman–Crippen MR) is 68.4 cm³/mol. The van der Waals surface area contributed by atoms with Crippen LogP contribution in [0.2, 0.25) is 0 Å². The third-order valence-electron chi connectivity index (χ3n) is 2.36. The Morgan fingerprint density at radius 2 is 2.00 bits per heavy atom. The first kappa shape index (κ1) is 13.3. The molecule has 0 aliphatic heterocycles. The number of nitrogen functional groups attached to an aromatic ring is 1. The first-order valence-corrected chi connectivity index (χ1v) is 6.34. The normalized spacial score (nSPS) is 11.6. The molecule has 0 radical (unpaired) electrons. The molecule has 0 spiro atoms. The van der Waals surface area contributed by atoms with Crippen molar-refractivity contribution in [1.29, 1.82) is 0 Å². The van der Waals surface area contributed by atoms with Crippen LogP contribution in [-0.4, -0.2) is 53.1 Å². The van der Waals surface area contributed by atoms with Crippen molar-refractivity contribution in [3.05, 3.63) is 5.69 Å². The molecule has 1 rings (SSSR count). The van der Waals surface area contributed by atoms with Crippen molar-refractivity contribution in [2.24, 2.45) is 0 Å². The van der Waals surface area contributed by atoms with Crippen LogP contribution in [0.15, 0.2) is 0 Å². The van der Waals surface area contributed by atoms with Gasteiger partial charge in [0.05, 0.1) is 0 Å². The maximum atomic E-state index is 5.80. The first-order valence-electron chi connectivity index (χ1n) is 5.57. The standard InChI is InChI=1S/C10H21N5S/c1-4-5-15(7-6-14(2)3)8-9-10(11)16-13-12-9/h4-8,11H2,1-3H3. The van der Waals surface area contributed by atoms with E-state index in [0.29, 0.717) is 0 Å². The minimum Gasteiger partial charge on any atom is -0.388 e.